The van der Waals surface area contributed by atoms with Crippen LogP contribution < -0.4 is 14.9 Å². The van der Waals surface area contributed by atoms with Gasteiger partial charge in [-0.1, -0.05) is 6.07 Å². The Kier molecular flexibility index (Phi) is 6.25. The molecule has 2 aliphatic rings. The lowest BCUT2D eigenvalue weighted by atomic mass is 10.2. The smallest absolute Gasteiger partial charge is 0.229 e. The van der Waals surface area contributed by atoms with Crippen LogP contribution in [0.5, 0.6) is 0 Å². The molecule has 192 valence electrons. The second-order valence-electron chi connectivity index (χ2n) is 9.64. The summed E-state index contributed by atoms with van der Waals surface area (Å²) in [6.45, 7) is 4.12. The fourth-order valence-corrected chi connectivity index (χ4v) is 5.17. The summed E-state index contributed by atoms with van der Waals surface area (Å²) in [5, 5.41) is 3.62. The van der Waals surface area contributed by atoms with E-state index >= 15 is 4.39 Å². The number of pyridine rings is 1. The number of fused-ring (bicyclic) bond motifs is 1. The molecule has 1 saturated carbocycles. The van der Waals surface area contributed by atoms with E-state index in [0.717, 1.165) is 44.7 Å². The number of nitrogens with zero attached hydrogens (tertiary/aromatic N) is 6. The van der Waals surface area contributed by atoms with Crippen LogP contribution in [-0.4, -0.2) is 68.1 Å². The number of anilines is 4. The van der Waals surface area contributed by atoms with Gasteiger partial charge < -0.3 is 15.1 Å². The van der Waals surface area contributed by atoms with Gasteiger partial charge in [0.1, 0.15) is 22.6 Å². The van der Waals surface area contributed by atoms with Crippen molar-refractivity contribution >= 4 is 45.2 Å². The van der Waals surface area contributed by atoms with Crippen molar-refractivity contribution in [1.29, 1.82) is 0 Å². The summed E-state index contributed by atoms with van der Waals surface area (Å²) in [5.74, 6) is 1.17. The molecule has 1 saturated heterocycles. The van der Waals surface area contributed by atoms with Gasteiger partial charge in [0.05, 0.1) is 11.1 Å². The van der Waals surface area contributed by atoms with Crippen LogP contribution >= 0.6 is 0 Å². The first-order valence-electron chi connectivity index (χ1n) is 12.4. The van der Waals surface area contributed by atoms with Gasteiger partial charge in [-0.05, 0) is 56.3 Å². The van der Waals surface area contributed by atoms with Crippen LogP contribution in [0.1, 0.15) is 24.5 Å². The molecule has 4 aromatic rings. The minimum atomic E-state index is -1.27. The normalized spacial score (nSPS) is 17.2. The Balaban J connectivity index is 1.33. The molecule has 9 nitrogen and oxygen atoms in total. The molecule has 0 radical (unpaired) electrons. The number of hydrogen-bond donors (Lipinski definition) is 2. The van der Waals surface area contributed by atoms with E-state index in [2.05, 4.69) is 49.0 Å². The monoisotopic (exact) mass is 520 g/mol. The molecule has 0 amide bonds. The van der Waals surface area contributed by atoms with Crippen molar-refractivity contribution in [2.75, 3.05) is 54.4 Å². The molecule has 1 aliphatic heterocycles. The van der Waals surface area contributed by atoms with Crippen molar-refractivity contribution in [3.05, 3.63) is 60.2 Å². The maximum atomic E-state index is 15.6. The predicted molar refractivity (Wildman–Crippen MR) is 146 cm³/mol. The Hall–Kier alpha value is -3.57. The molecule has 1 unspecified atom stereocenters. The van der Waals surface area contributed by atoms with E-state index in [1.807, 2.05) is 12.1 Å². The number of rotatable bonds is 7. The highest BCUT2D eigenvalue weighted by atomic mass is 32.2. The first-order chi connectivity index (χ1) is 18.0. The zero-order valence-corrected chi connectivity index (χ0v) is 21.6. The maximum absolute atomic E-state index is 15.6. The van der Waals surface area contributed by atoms with Crippen molar-refractivity contribution in [3.8, 4) is 5.82 Å². The summed E-state index contributed by atoms with van der Waals surface area (Å²) >= 11 is 0. The fraction of sp³-hybridized carbons (Fsp3) is 0.346. The van der Waals surface area contributed by atoms with Gasteiger partial charge in [-0.15, -0.1) is 0 Å². The van der Waals surface area contributed by atoms with Gasteiger partial charge >= 0.3 is 0 Å². The largest absolute Gasteiger partial charge is 0.369 e. The standard InChI is InChI=1S/C26H29FN8OS/c1-33-12-14-34(15-13-33)19-10-8-18(9-11-19)29-26-28-16-20-23(27)24(17-6-7-17)35(25(20)31-26)22-5-3-4-21(30-22)32-37(2)36/h3-5,8-11,16-17H,6-7,12-15H2,1-2H3,(H,30,32)(H,28,29,31). The van der Waals surface area contributed by atoms with E-state index < -0.39 is 11.0 Å². The molecule has 37 heavy (non-hydrogen) atoms. The Bertz CT molecular complexity index is 1460. The molecule has 2 fully saturated rings. The zero-order valence-electron chi connectivity index (χ0n) is 20.8. The van der Waals surface area contributed by atoms with Crippen LogP contribution in [0.2, 0.25) is 0 Å². The van der Waals surface area contributed by atoms with Crippen molar-refractivity contribution in [2.24, 2.45) is 0 Å². The Morgan fingerprint density at radius 3 is 2.49 bits per heavy atom. The lowest BCUT2D eigenvalue weighted by Gasteiger charge is -2.34. The van der Waals surface area contributed by atoms with E-state index in [9.17, 15) is 4.21 Å². The molecule has 3 aromatic heterocycles. The molecule has 4 heterocycles. The Morgan fingerprint density at radius 1 is 1.03 bits per heavy atom. The number of aromatic nitrogens is 4. The summed E-state index contributed by atoms with van der Waals surface area (Å²) in [7, 11) is 0.874. The number of benzene rings is 1. The van der Waals surface area contributed by atoms with Crippen molar-refractivity contribution in [2.45, 2.75) is 18.8 Å². The van der Waals surface area contributed by atoms with Gasteiger partial charge in [-0.3, -0.25) is 9.29 Å². The number of halogens is 1. The first-order valence-corrected chi connectivity index (χ1v) is 14.0. The summed E-state index contributed by atoms with van der Waals surface area (Å²) in [6, 6.07) is 13.6. The fourth-order valence-electron chi connectivity index (χ4n) is 4.76. The molecular weight excluding hydrogens is 491 g/mol. The zero-order chi connectivity index (χ0) is 25.5. The van der Waals surface area contributed by atoms with E-state index in [1.54, 1.807) is 22.8 Å². The van der Waals surface area contributed by atoms with Gasteiger partial charge in [-0.25, -0.2) is 18.6 Å². The Labute approximate surface area is 217 Å². The second-order valence-corrected chi connectivity index (χ2v) is 10.8. The predicted octanol–water partition coefficient (Wildman–Crippen LogP) is 4.03. The van der Waals surface area contributed by atoms with Gasteiger partial charge in [-0.2, -0.15) is 4.98 Å². The lowest BCUT2D eigenvalue weighted by molar-refractivity contribution is 0.313. The molecule has 2 N–H and O–H groups in total. The van der Waals surface area contributed by atoms with Gasteiger partial charge in [0.25, 0.3) is 0 Å². The maximum Gasteiger partial charge on any atom is 0.229 e. The SMILES string of the molecule is CN1CCN(c2ccc(Nc3ncc4c(F)c(C5CC5)n(-c5cccc(NS(C)=O)n5)c4n3)cc2)CC1. The van der Waals surface area contributed by atoms with E-state index in [1.165, 1.54) is 18.1 Å². The molecule has 1 aliphatic carbocycles. The average molecular weight is 521 g/mol. The van der Waals surface area contributed by atoms with Crippen LogP contribution in [0.15, 0.2) is 48.7 Å². The summed E-state index contributed by atoms with van der Waals surface area (Å²) in [6.07, 6.45) is 4.91. The minimum Gasteiger partial charge on any atom is -0.369 e. The highest BCUT2D eigenvalue weighted by molar-refractivity contribution is 7.85. The number of piperazine rings is 1. The second kappa shape index (κ2) is 9.71. The van der Waals surface area contributed by atoms with Crippen LogP contribution in [0.25, 0.3) is 16.9 Å². The summed E-state index contributed by atoms with van der Waals surface area (Å²) in [5.41, 5.74) is 3.06. The van der Waals surface area contributed by atoms with Crippen molar-refractivity contribution in [3.63, 3.8) is 0 Å². The Morgan fingerprint density at radius 2 is 1.78 bits per heavy atom. The number of likely N-dealkylation sites (N-methyl/N-ethyl adjacent to an activating group) is 1. The lowest BCUT2D eigenvalue weighted by Crippen LogP contribution is -2.44. The molecule has 1 aromatic carbocycles. The van der Waals surface area contributed by atoms with Gasteiger partial charge in [0.15, 0.2) is 11.5 Å². The average Bonchev–Trinajstić information content (AvgIpc) is 3.68. The first kappa shape index (κ1) is 23.8. The van der Waals surface area contributed by atoms with E-state index in [0.29, 0.717) is 34.3 Å². The van der Waals surface area contributed by atoms with Crippen LogP contribution in [0, 0.1) is 5.82 Å². The van der Waals surface area contributed by atoms with Crippen LogP contribution in [0.4, 0.5) is 27.5 Å². The summed E-state index contributed by atoms with van der Waals surface area (Å²) in [4.78, 5) is 18.4. The van der Waals surface area contributed by atoms with E-state index in [4.69, 9.17) is 4.98 Å². The van der Waals surface area contributed by atoms with Crippen LogP contribution in [-0.2, 0) is 11.0 Å². The van der Waals surface area contributed by atoms with Gasteiger partial charge in [0.2, 0.25) is 5.95 Å². The molecule has 6 rings (SSSR count). The van der Waals surface area contributed by atoms with Gasteiger partial charge in [0, 0.05) is 55.9 Å². The molecule has 1 atom stereocenters. The highest BCUT2D eigenvalue weighted by Gasteiger charge is 2.34. The minimum absolute atomic E-state index is 0.117. The molecular formula is C26H29FN8OS. The third-order valence-corrected chi connectivity index (χ3v) is 7.35. The number of nitrogens with one attached hydrogen (secondary N) is 2. The van der Waals surface area contributed by atoms with Crippen molar-refractivity contribution in [1.82, 2.24) is 24.4 Å². The molecule has 0 spiro atoms. The third-order valence-electron chi connectivity index (χ3n) is 6.85. The quantitative estimate of drug-likeness (QED) is 0.380. The third kappa shape index (κ3) is 4.88. The van der Waals surface area contributed by atoms with E-state index in [-0.39, 0.29) is 11.7 Å². The topological polar surface area (TPSA) is 91.2 Å². The molecule has 0 bridgehead atoms. The van der Waals surface area contributed by atoms with Crippen molar-refractivity contribution < 1.29 is 8.60 Å². The summed E-state index contributed by atoms with van der Waals surface area (Å²) < 4.78 is 31.8. The number of hydrogen-bond acceptors (Lipinski definition) is 7. The van der Waals surface area contributed by atoms with Crippen LogP contribution in [0.3, 0.4) is 0 Å². The highest BCUT2D eigenvalue weighted by Crippen LogP contribution is 2.45. The molecule has 11 heteroatoms.